The number of nitrogens with zero attached hydrogens (tertiary/aromatic N) is 4. The Morgan fingerprint density at radius 3 is 2.28 bits per heavy atom. The van der Waals surface area contributed by atoms with Crippen LogP contribution in [0, 0.1) is 0 Å². The highest BCUT2D eigenvalue weighted by atomic mass is 127. The Balaban J connectivity index is 0.00000312. The van der Waals surface area contributed by atoms with E-state index in [0.29, 0.717) is 26.2 Å². The number of likely N-dealkylation sites (N-methyl/N-ethyl adjacent to an activating group) is 1. The lowest BCUT2D eigenvalue weighted by molar-refractivity contribution is -0.181. The summed E-state index contributed by atoms with van der Waals surface area (Å²) < 4.78 is 38.4. The van der Waals surface area contributed by atoms with Gasteiger partial charge in [-0.25, -0.2) is 0 Å². The first-order valence-electron chi connectivity index (χ1n) is 8.87. The van der Waals surface area contributed by atoms with E-state index in [1.165, 1.54) is 24.7 Å². The van der Waals surface area contributed by atoms with Crippen LogP contribution in [-0.4, -0.2) is 91.8 Å². The monoisotopic (exact) mass is 477 g/mol. The number of alkyl halides is 3. The average molecular weight is 477 g/mol. The SMILES string of the molecule is CCN(CCNC(=NC)N1CCN(C(C)C(F)(F)F)CC1)C1CC1.I. The maximum atomic E-state index is 12.8. The van der Waals surface area contributed by atoms with Gasteiger partial charge in [0.05, 0.1) is 0 Å². The Bertz CT molecular complexity index is 420. The Kier molecular flexibility index (Phi) is 9.24. The van der Waals surface area contributed by atoms with Crippen molar-refractivity contribution in [3.63, 3.8) is 0 Å². The lowest BCUT2D eigenvalue weighted by Gasteiger charge is -2.39. The molecule has 1 aliphatic carbocycles. The number of nitrogens with one attached hydrogen (secondary N) is 1. The zero-order chi connectivity index (χ0) is 17.7. The van der Waals surface area contributed by atoms with Crippen molar-refractivity contribution in [2.75, 3.05) is 52.9 Å². The topological polar surface area (TPSA) is 34.1 Å². The van der Waals surface area contributed by atoms with Crippen LogP contribution in [0.15, 0.2) is 4.99 Å². The number of hydrogen-bond acceptors (Lipinski definition) is 3. The first-order chi connectivity index (χ1) is 11.4. The maximum absolute atomic E-state index is 12.8. The van der Waals surface area contributed by atoms with Crippen molar-refractivity contribution in [2.24, 2.45) is 4.99 Å². The molecule has 0 aromatic rings. The van der Waals surface area contributed by atoms with Crippen molar-refractivity contribution in [1.82, 2.24) is 20.0 Å². The van der Waals surface area contributed by atoms with Crippen LogP contribution in [-0.2, 0) is 0 Å². The minimum Gasteiger partial charge on any atom is -0.355 e. The van der Waals surface area contributed by atoms with Gasteiger partial charge in [0.1, 0.15) is 6.04 Å². The van der Waals surface area contributed by atoms with E-state index in [-0.39, 0.29) is 24.0 Å². The first-order valence-corrected chi connectivity index (χ1v) is 8.87. The molecule has 148 valence electrons. The Hall–Kier alpha value is -0.290. The maximum Gasteiger partial charge on any atom is 0.403 e. The van der Waals surface area contributed by atoms with Crippen LogP contribution in [0.1, 0.15) is 26.7 Å². The quantitative estimate of drug-likeness (QED) is 0.362. The largest absolute Gasteiger partial charge is 0.403 e. The van der Waals surface area contributed by atoms with E-state index >= 15 is 0 Å². The molecule has 5 nitrogen and oxygen atoms in total. The fourth-order valence-electron chi connectivity index (χ4n) is 3.21. The molecule has 0 radical (unpaired) electrons. The van der Waals surface area contributed by atoms with Gasteiger partial charge in [-0.05, 0) is 26.3 Å². The normalized spacial score (nSPS) is 21.2. The van der Waals surface area contributed by atoms with Crippen molar-refractivity contribution in [3.8, 4) is 0 Å². The van der Waals surface area contributed by atoms with Crippen molar-refractivity contribution in [2.45, 2.75) is 44.9 Å². The molecule has 25 heavy (non-hydrogen) atoms. The second kappa shape index (κ2) is 10.1. The molecule has 1 aliphatic heterocycles. The van der Waals surface area contributed by atoms with E-state index in [1.54, 1.807) is 7.05 Å². The second-order valence-corrected chi connectivity index (χ2v) is 6.57. The van der Waals surface area contributed by atoms with Crippen LogP contribution in [0.2, 0.25) is 0 Å². The highest BCUT2D eigenvalue weighted by molar-refractivity contribution is 14.0. The minimum atomic E-state index is -4.16. The van der Waals surface area contributed by atoms with Gasteiger partial charge in [-0.15, -0.1) is 24.0 Å². The van der Waals surface area contributed by atoms with Gasteiger partial charge in [-0.1, -0.05) is 6.92 Å². The molecule has 1 heterocycles. The zero-order valence-corrected chi connectivity index (χ0v) is 17.7. The van der Waals surface area contributed by atoms with Gasteiger partial charge in [0, 0.05) is 52.4 Å². The third-order valence-electron chi connectivity index (χ3n) is 5.00. The van der Waals surface area contributed by atoms with Gasteiger partial charge in [-0.3, -0.25) is 14.8 Å². The van der Waals surface area contributed by atoms with Crippen LogP contribution < -0.4 is 5.32 Å². The van der Waals surface area contributed by atoms with Gasteiger partial charge in [0.15, 0.2) is 5.96 Å². The molecule has 1 unspecified atom stereocenters. The molecule has 1 atom stereocenters. The van der Waals surface area contributed by atoms with E-state index in [1.807, 2.05) is 4.90 Å². The summed E-state index contributed by atoms with van der Waals surface area (Å²) in [6.45, 7) is 8.21. The molecule has 0 aromatic carbocycles. The summed E-state index contributed by atoms with van der Waals surface area (Å²) in [5, 5.41) is 3.35. The van der Waals surface area contributed by atoms with E-state index in [9.17, 15) is 13.2 Å². The van der Waals surface area contributed by atoms with Crippen LogP contribution in [0.4, 0.5) is 13.2 Å². The number of rotatable bonds is 6. The van der Waals surface area contributed by atoms with Gasteiger partial charge < -0.3 is 10.2 Å². The fraction of sp³-hybridized carbons (Fsp3) is 0.938. The predicted octanol–water partition coefficient (Wildman–Crippen LogP) is 2.23. The molecular weight excluding hydrogens is 446 g/mol. The minimum absolute atomic E-state index is 0. The molecule has 0 bridgehead atoms. The molecule has 0 aromatic heterocycles. The number of hydrogen-bond donors (Lipinski definition) is 1. The van der Waals surface area contributed by atoms with Crippen molar-refractivity contribution in [1.29, 1.82) is 0 Å². The number of aliphatic imine (C=N–C) groups is 1. The van der Waals surface area contributed by atoms with Crippen LogP contribution >= 0.6 is 24.0 Å². The lowest BCUT2D eigenvalue weighted by Crippen LogP contribution is -2.57. The van der Waals surface area contributed by atoms with Crippen molar-refractivity contribution in [3.05, 3.63) is 0 Å². The third-order valence-corrected chi connectivity index (χ3v) is 5.00. The summed E-state index contributed by atoms with van der Waals surface area (Å²) in [5.41, 5.74) is 0. The summed E-state index contributed by atoms with van der Waals surface area (Å²) in [6.07, 6.45) is -1.57. The van der Waals surface area contributed by atoms with E-state index in [0.717, 1.165) is 31.6 Å². The lowest BCUT2D eigenvalue weighted by atomic mass is 10.2. The molecular formula is C16H31F3IN5. The molecule has 1 saturated heterocycles. The summed E-state index contributed by atoms with van der Waals surface area (Å²) in [6, 6.07) is -0.641. The average Bonchev–Trinajstić information content (AvgIpc) is 3.39. The molecule has 2 aliphatic rings. The summed E-state index contributed by atoms with van der Waals surface area (Å²) in [4.78, 5) is 10.3. The number of halogens is 4. The summed E-state index contributed by atoms with van der Waals surface area (Å²) >= 11 is 0. The van der Waals surface area contributed by atoms with Crippen molar-refractivity contribution >= 4 is 29.9 Å². The van der Waals surface area contributed by atoms with Gasteiger partial charge in [0.2, 0.25) is 0 Å². The molecule has 0 spiro atoms. The standard InChI is InChI=1S/C16H30F3N5.HI/c1-4-22(14-5-6-14)8-7-21-15(20-3)24-11-9-23(10-12-24)13(2)16(17,18)19;/h13-14H,4-12H2,1-3H3,(H,20,21);1H. The smallest absolute Gasteiger partial charge is 0.355 e. The Morgan fingerprint density at radius 2 is 1.84 bits per heavy atom. The highest BCUT2D eigenvalue weighted by Crippen LogP contribution is 2.26. The molecule has 2 rings (SSSR count). The molecule has 9 heteroatoms. The third kappa shape index (κ3) is 6.74. The molecule has 0 amide bonds. The van der Waals surface area contributed by atoms with E-state index in [4.69, 9.17) is 0 Å². The molecule has 1 saturated carbocycles. The van der Waals surface area contributed by atoms with Gasteiger partial charge in [-0.2, -0.15) is 13.2 Å². The number of guanidine groups is 1. The predicted molar refractivity (Wildman–Crippen MR) is 106 cm³/mol. The Morgan fingerprint density at radius 1 is 1.24 bits per heavy atom. The number of piperazine rings is 1. The van der Waals surface area contributed by atoms with Crippen LogP contribution in [0.5, 0.6) is 0 Å². The first kappa shape index (κ1) is 22.8. The van der Waals surface area contributed by atoms with Crippen LogP contribution in [0.3, 0.4) is 0 Å². The Labute approximate surface area is 166 Å². The zero-order valence-electron chi connectivity index (χ0n) is 15.3. The fourth-order valence-corrected chi connectivity index (χ4v) is 3.21. The van der Waals surface area contributed by atoms with Crippen LogP contribution in [0.25, 0.3) is 0 Å². The second-order valence-electron chi connectivity index (χ2n) is 6.57. The molecule has 2 fully saturated rings. The highest BCUT2D eigenvalue weighted by Gasteiger charge is 2.41. The van der Waals surface area contributed by atoms with Gasteiger partial charge in [0.25, 0.3) is 0 Å². The van der Waals surface area contributed by atoms with Gasteiger partial charge >= 0.3 is 6.18 Å². The summed E-state index contributed by atoms with van der Waals surface area (Å²) in [7, 11) is 1.73. The van der Waals surface area contributed by atoms with E-state index < -0.39 is 12.2 Å². The van der Waals surface area contributed by atoms with E-state index in [2.05, 4.69) is 22.1 Å². The summed E-state index contributed by atoms with van der Waals surface area (Å²) in [5.74, 6) is 0.793. The van der Waals surface area contributed by atoms with Crippen molar-refractivity contribution < 1.29 is 13.2 Å². The molecule has 1 N–H and O–H groups in total.